The molecule has 3 atom stereocenters. The normalized spacial score (nSPS) is 21.3. The number of anilines is 1. The number of fused-ring (bicyclic) bond motifs is 2. The Morgan fingerprint density at radius 2 is 1.47 bits per heavy atom. The van der Waals surface area contributed by atoms with E-state index in [9.17, 15) is 0 Å². The van der Waals surface area contributed by atoms with Gasteiger partial charge in [-0.15, -0.1) is 0 Å². The van der Waals surface area contributed by atoms with Gasteiger partial charge in [0.2, 0.25) is 0 Å². The predicted molar refractivity (Wildman–Crippen MR) is 109 cm³/mol. The molecule has 2 heterocycles. The molecule has 6 nitrogen and oxygen atoms in total. The van der Waals surface area contributed by atoms with E-state index in [4.69, 9.17) is 23.9 Å². The first-order valence-electron chi connectivity index (χ1n) is 9.41. The van der Waals surface area contributed by atoms with Gasteiger partial charge in [-0.05, 0) is 55.2 Å². The first-order chi connectivity index (χ1) is 14.5. The van der Waals surface area contributed by atoms with Crippen molar-refractivity contribution in [1.29, 1.82) is 0 Å². The number of hydrogen-bond acceptors (Lipinski definition) is 6. The van der Waals surface area contributed by atoms with E-state index in [-0.39, 0.29) is 30.0 Å². The second-order valence-electron chi connectivity index (χ2n) is 6.92. The van der Waals surface area contributed by atoms with E-state index >= 15 is 0 Å². The third-order valence-electron chi connectivity index (χ3n) is 5.36. The Bertz CT molecular complexity index is 902. The summed E-state index contributed by atoms with van der Waals surface area (Å²) in [6.45, 7) is 4.40. The van der Waals surface area contributed by atoms with Crippen molar-refractivity contribution in [3.05, 3.63) is 89.5 Å². The number of hydrogen-bond donors (Lipinski definition) is 1. The molecule has 2 aromatic rings. The topological polar surface area (TPSA) is 89.5 Å². The molecule has 0 aliphatic carbocycles. The molecule has 1 N–H and O–H groups in total. The fourth-order valence-electron chi connectivity index (χ4n) is 3.84. The summed E-state index contributed by atoms with van der Waals surface area (Å²) in [5.41, 5.74) is 4.80. The highest BCUT2D eigenvalue weighted by Crippen LogP contribution is 2.46. The number of nitrogens with one attached hydrogen (secondary N) is 1. The smallest absolute Gasteiger partial charge is 0.373 e. The zero-order chi connectivity index (χ0) is 22.0. The molecule has 0 spiro atoms. The van der Waals surface area contributed by atoms with Gasteiger partial charge in [0.15, 0.2) is 0 Å². The summed E-state index contributed by atoms with van der Waals surface area (Å²) < 4.78 is 6.44. The lowest BCUT2D eigenvalue weighted by Crippen LogP contribution is -2.47. The molecular weight excluding hydrogens is 382 g/mol. The quantitative estimate of drug-likeness (QED) is 0.765. The second kappa shape index (κ2) is 10.8. The van der Waals surface area contributed by atoms with Crippen molar-refractivity contribution in [2.45, 2.75) is 38.0 Å². The van der Waals surface area contributed by atoms with Crippen molar-refractivity contribution in [3.63, 3.8) is 0 Å². The van der Waals surface area contributed by atoms with Crippen LogP contribution in [0, 0.1) is 0 Å². The molecule has 2 bridgehead atoms. The third-order valence-corrected chi connectivity index (χ3v) is 5.36. The molecule has 0 saturated carbocycles. The maximum Gasteiger partial charge on any atom is 0.373 e. The molecule has 0 radical (unpaired) electrons. The molecule has 2 unspecified atom stereocenters. The monoisotopic (exact) mass is 405 g/mol. The molecule has 6 heteroatoms. The Kier molecular flexibility index (Phi) is 8.21. The molecule has 30 heavy (non-hydrogen) atoms. The van der Waals surface area contributed by atoms with Gasteiger partial charge in [-0.3, -0.25) is 0 Å². The molecule has 0 fully saturated rings. The number of carbonyl (C=O) groups excluding carboxylic acids is 4. The van der Waals surface area contributed by atoms with E-state index in [1.165, 1.54) is 16.7 Å². The van der Waals surface area contributed by atoms with E-state index in [0.717, 1.165) is 12.1 Å². The van der Waals surface area contributed by atoms with E-state index in [1.54, 1.807) is 0 Å². The van der Waals surface area contributed by atoms with Crippen LogP contribution in [0.5, 0.6) is 0 Å². The SMILES string of the molecule is CC1=C(C)C2([C@H](Cc3ccccc3)Nc3ccccc3)C=CC1O2.O=C=O.O=C=O. The van der Waals surface area contributed by atoms with Crippen molar-refractivity contribution in [2.24, 2.45) is 0 Å². The minimum atomic E-state index is -0.347. The summed E-state index contributed by atoms with van der Waals surface area (Å²) in [5, 5.41) is 3.73. The summed E-state index contributed by atoms with van der Waals surface area (Å²) in [6.07, 6.45) is 6.01. The van der Waals surface area contributed by atoms with Crippen LogP contribution in [0.25, 0.3) is 0 Å². The van der Waals surface area contributed by atoms with Crippen molar-refractivity contribution in [3.8, 4) is 0 Å². The molecule has 154 valence electrons. The van der Waals surface area contributed by atoms with Gasteiger partial charge in [0.25, 0.3) is 0 Å². The molecule has 2 aliphatic rings. The Morgan fingerprint density at radius 3 is 1.97 bits per heavy atom. The zero-order valence-corrected chi connectivity index (χ0v) is 16.8. The maximum atomic E-state index is 8.12. The van der Waals surface area contributed by atoms with Gasteiger partial charge in [-0.2, -0.15) is 19.2 Å². The lowest BCUT2D eigenvalue weighted by Gasteiger charge is -2.36. The molecule has 0 amide bonds. The van der Waals surface area contributed by atoms with Crippen LogP contribution in [-0.2, 0) is 30.3 Å². The van der Waals surface area contributed by atoms with Gasteiger partial charge < -0.3 is 10.1 Å². The number of ether oxygens (including phenoxy) is 1. The summed E-state index contributed by atoms with van der Waals surface area (Å²) in [6, 6.07) is 21.2. The highest BCUT2D eigenvalue weighted by Gasteiger charge is 2.50. The van der Waals surface area contributed by atoms with Crippen LogP contribution in [0.2, 0.25) is 0 Å². The van der Waals surface area contributed by atoms with Crippen molar-refractivity contribution in [1.82, 2.24) is 0 Å². The average molecular weight is 405 g/mol. The van der Waals surface area contributed by atoms with Crippen molar-refractivity contribution < 1.29 is 23.9 Å². The van der Waals surface area contributed by atoms with E-state index in [2.05, 4.69) is 85.9 Å². The highest BCUT2D eigenvalue weighted by atomic mass is 16.5. The minimum Gasteiger partial charge on any atom is -0.378 e. The van der Waals surface area contributed by atoms with Crippen LogP contribution >= 0.6 is 0 Å². The maximum absolute atomic E-state index is 8.12. The molecular formula is C24H23NO5. The van der Waals surface area contributed by atoms with E-state index in [1.807, 2.05) is 6.07 Å². The van der Waals surface area contributed by atoms with Crippen LogP contribution in [0.4, 0.5) is 5.69 Å². The number of benzene rings is 2. The van der Waals surface area contributed by atoms with Gasteiger partial charge in [0.1, 0.15) is 5.60 Å². The van der Waals surface area contributed by atoms with Crippen LogP contribution in [0.15, 0.2) is 84.0 Å². The highest BCUT2D eigenvalue weighted by molar-refractivity contribution is 5.51. The van der Waals surface area contributed by atoms with Crippen LogP contribution in [-0.4, -0.2) is 30.0 Å². The summed E-state index contributed by atoms with van der Waals surface area (Å²) in [5.74, 6) is 0. The van der Waals surface area contributed by atoms with E-state index in [0.29, 0.717) is 0 Å². The fraction of sp³-hybridized carbons (Fsp3) is 0.250. The summed E-state index contributed by atoms with van der Waals surface area (Å²) >= 11 is 0. The van der Waals surface area contributed by atoms with Gasteiger partial charge in [0.05, 0.1) is 12.1 Å². The molecule has 0 aromatic heterocycles. The standard InChI is InChI=1S/C22H23NO.2CO2/c1-16-17(2)22(14-13-20(16)24-22)21(15-18-9-5-3-6-10-18)23-19-11-7-4-8-12-19;2*2-1-3/h3-14,20-21,23H,15H2,1-2H3;;/t20?,21-,22?;;/m0../s1. The summed E-state index contributed by atoms with van der Waals surface area (Å²) in [4.78, 5) is 32.5. The predicted octanol–water partition coefficient (Wildman–Crippen LogP) is 3.59. The molecule has 0 saturated heterocycles. The largest absolute Gasteiger partial charge is 0.378 e. The van der Waals surface area contributed by atoms with Crippen LogP contribution in [0.1, 0.15) is 19.4 Å². The zero-order valence-electron chi connectivity index (χ0n) is 16.8. The van der Waals surface area contributed by atoms with Gasteiger partial charge in [0, 0.05) is 5.69 Å². The Labute approximate surface area is 175 Å². The van der Waals surface area contributed by atoms with Gasteiger partial charge >= 0.3 is 12.3 Å². The molecule has 2 aliphatic heterocycles. The van der Waals surface area contributed by atoms with Crippen LogP contribution in [0.3, 0.4) is 0 Å². The number of rotatable bonds is 5. The van der Waals surface area contributed by atoms with Gasteiger partial charge in [-0.1, -0.05) is 54.6 Å². The third kappa shape index (κ3) is 5.07. The van der Waals surface area contributed by atoms with Gasteiger partial charge in [-0.25, -0.2) is 0 Å². The Hall–Kier alpha value is -3.56. The first kappa shape index (κ1) is 22.7. The fourth-order valence-corrected chi connectivity index (χ4v) is 3.84. The second-order valence-corrected chi connectivity index (χ2v) is 6.92. The van der Waals surface area contributed by atoms with Crippen LogP contribution < -0.4 is 5.32 Å². The Morgan fingerprint density at radius 1 is 0.933 bits per heavy atom. The molecule has 2 aromatic carbocycles. The first-order valence-corrected chi connectivity index (χ1v) is 9.41. The van der Waals surface area contributed by atoms with Crippen molar-refractivity contribution in [2.75, 3.05) is 5.32 Å². The average Bonchev–Trinajstić information content (AvgIpc) is 3.30. The van der Waals surface area contributed by atoms with E-state index < -0.39 is 0 Å². The molecule has 4 rings (SSSR count). The number of para-hydroxylation sites is 1. The minimum absolute atomic E-state index is 0.140. The lowest BCUT2D eigenvalue weighted by atomic mass is 9.80. The van der Waals surface area contributed by atoms with Crippen molar-refractivity contribution >= 4 is 18.0 Å². The lowest BCUT2D eigenvalue weighted by molar-refractivity contribution is -0.193. The Balaban J connectivity index is 0.000000480. The summed E-state index contributed by atoms with van der Waals surface area (Å²) in [7, 11) is 0.